The van der Waals surface area contributed by atoms with Gasteiger partial charge in [-0.2, -0.15) is 0 Å². The van der Waals surface area contributed by atoms with Gasteiger partial charge in [-0.3, -0.25) is 9.59 Å². The molecular formula is C31H40Cl2FN3O3. The van der Waals surface area contributed by atoms with Crippen LogP contribution in [0.25, 0.3) is 0 Å². The average molecular weight is 593 g/mol. The Morgan fingerprint density at radius 1 is 1.32 bits per heavy atom. The van der Waals surface area contributed by atoms with Gasteiger partial charge in [0, 0.05) is 29.2 Å². The maximum atomic E-state index is 14.9. The van der Waals surface area contributed by atoms with E-state index in [9.17, 15) is 19.1 Å². The SMILES string of the molecule is C=C/C(Cl)=C\C=C/C[C@H]1[C@H](C(=O)NCC[C@H]2CC[C@H](O)C2)N[C@H](CC(C)(C)C)[C@]12C(=O)Nc1cc(Cl)c(F)cc12. The maximum absolute atomic E-state index is 14.9. The zero-order valence-corrected chi connectivity index (χ0v) is 24.9. The molecule has 9 heteroatoms. The molecule has 1 spiro atoms. The van der Waals surface area contributed by atoms with Crippen molar-refractivity contribution >= 4 is 40.7 Å². The fourth-order valence-corrected chi connectivity index (χ4v) is 6.96. The van der Waals surface area contributed by atoms with E-state index in [0.29, 0.717) is 41.6 Å². The fourth-order valence-electron chi connectivity index (χ4n) is 6.73. The van der Waals surface area contributed by atoms with Crippen LogP contribution in [0, 0.1) is 23.1 Å². The first-order valence-corrected chi connectivity index (χ1v) is 14.8. The second-order valence-electron chi connectivity index (χ2n) is 12.5. The number of aliphatic hydroxyl groups is 1. The summed E-state index contributed by atoms with van der Waals surface area (Å²) in [6, 6.07) is 1.68. The summed E-state index contributed by atoms with van der Waals surface area (Å²) >= 11 is 12.2. The number of hydrogen-bond acceptors (Lipinski definition) is 4. The molecule has 1 aliphatic carbocycles. The molecule has 3 aliphatic rings. The zero-order valence-electron chi connectivity index (χ0n) is 23.4. The van der Waals surface area contributed by atoms with Crippen LogP contribution in [0.4, 0.5) is 10.1 Å². The number of aliphatic hydroxyl groups excluding tert-OH is 1. The monoisotopic (exact) mass is 591 g/mol. The lowest BCUT2D eigenvalue weighted by Crippen LogP contribution is -2.50. The Bertz CT molecular complexity index is 1210. The molecule has 1 saturated heterocycles. The number of benzene rings is 1. The molecule has 2 aliphatic heterocycles. The Hall–Kier alpha value is -2.19. The van der Waals surface area contributed by atoms with Crippen molar-refractivity contribution in [2.75, 3.05) is 11.9 Å². The number of allylic oxidation sites excluding steroid dienone is 5. The lowest BCUT2D eigenvalue weighted by Gasteiger charge is -2.37. The molecular weight excluding hydrogens is 552 g/mol. The topological polar surface area (TPSA) is 90.5 Å². The minimum absolute atomic E-state index is 0.0681. The van der Waals surface area contributed by atoms with E-state index in [1.807, 2.05) is 6.08 Å². The highest BCUT2D eigenvalue weighted by atomic mass is 35.5. The molecule has 6 nitrogen and oxygen atoms in total. The van der Waals surface area contributed by atoms with E-state index >= 15 is 0 Å². The molecule has 0 radical (unpaired) electrons. The summed E-state index contributed by atoms with van der Waals surface area (Å²) in [4.78, 5) is 27.8. The molecule has 218 valence electrons. The van der Waals surface area contributed by atoms with Crippen molar-refractivity contribution in [3.05, 3.63) is 64.5 Å². The number of carbonyl (C=O) groups is 2. The lowest BCUT2D eigenvalue weighted by atomic mass is 9.63. The molecule has 2 fully saturated rings. The van der Waals surface area contributed by atoms with Crippen molar-refractivity contribution < 1.29 is 19.1 Å². The molecule has 0 bridgehead atoms. The lowest BCUT2D eigenvalue weighted by molar-refractivity contribution is -0.125. The summed E-state index contributed by atoms with van der Waals surface area (Å²) in [5.74, 6) is -1.19. The molecule has 1 saturated carbocycles. The standard InChI is InChI=1S/C31H40Cl2FN3O3/c1-5-19(32)8-6-7-9-21-27(28(39)35-13-12-18-10-11-20(38)14-18)37-26(17-30(2,3)4)31(21)22-15-24(34)23(33)16-25(22)36-29(31)40/h5-8,15-16,18,20-21,26-27,37-38H,1,9-14,17H2,2-4H3,(H,35,39)(H,36,40)/b7-6-,19-8+/t18-,20+,21+,26-,27-,31+/m1/s1. The van der Waals surface area contributed by atoms with Gasteiger partial charge in [0.25, 0.3) is 0 Å². The quantitative estimate of drug-likeness (QED) is 0.266. The van der Waals surface area contributed by atoms with Crippen molar-refractivity contribution in [3.8, 4) is 0 Å². The summed E-state index contributed by atoms with van der Waals surface area (Å²) in [6.45, 7) is 10.4. The van der Waals surface area contributed by atoms with Gasteiger partial charge < -0.3 is 21.1 Å². The van der Waals surface area contributed by atoms with E-state index in [2.05, 4.69) is 43.3 Å². The molecule has 6 atom stereocenters. The van der Waals surface area contributed by atoms with Crippen molar-refractivity contribution in [3.63, 3.8) is 0 Å². The van der Waals surface area contributed by atoms with E-state index in [0.717, 1.165) is 25.7 Å². The molecule has 0 aromatic heterocycles. The number of halogens is 3. The van der Waals surface area contributed by atoms with Crippen molar-refractivity contribution in [2.24, 2.45) is 17.3 Å². The van der Waals surface area contributed by atoms with Gasteiger partial charge >= 0.3 is 0 Å². The van der Waals surface area contributed by atoms with E-state index in [1.54, 1.807) is 12.2 Å². The van der Waals surface area contributed by atoms with Gasteiger partial charge in [0.05, 0.1) is 22.6 Å². The number of nitrogens with one attached hydrogen (secondary N) is 3. The average Bonchev–Trinajstić information content (AvgIpc) is 3.51. The van der Waals surface area contributed by atoms with Crippen LogP contribution in [0.5, 0.6) is 0 Å². The summed E-state index contributed by atoms with van der Waals surface area (Å²) in [5, 5.41) is 19.8. The van der Waals surface area contributed by atoms with Crippen LogP contribution in [0.2, 0.25) is 5.02 Å². The summed E-state index contributed by atoms with van der Waals surface area (Å²) in [5.41, 5.74) is -0.383. The van der Waals surface area contributed by atoms with Crippen molar-refractivity contribution in [1.29, 1.82) is 0 Å². The molecule has 2 heterocycles. The maximum Gasteiger partial charge on any atom is 0.237 e. The molecule has 1 aromatic carbocycles. The van der Waals surface area contributed by atoms with Gasteiger partial charge in [-0.05, 0) is 73.6 Å². The summed E-state index contributed by atoms with van der Waals surface area (Å²) in [7, 11) is 0. The fraction of sp³-hybridized carbons (Fsp3) is 0.548. The Labute approximate surface area is 246 Å². The predicted molar refractivity (Wildman–Crippen MR) is 159 cm³/mol. The van der Waals surface area contributed by atoms with Crippen LogP contribution in [0.1, 0.15) is 64.9 Å². The predicted octanol–water partition coefficient (Wildman–Crippen LogP) is 5.98. The number of hydrogen-bond donors (Lipinski definition) is 4. The Morgan fingerprint density at radius 2 is 2.08 bits per heavy atom. The highest BCUT2D eigenvalue weighted by Gasteiger charge is 2.65. The van der Waals surface area contributed by atoms with Crippen LogP contribution in [-0.4, -0.2) is 41.7 Å². The Kier molecular flexibility index (Phi) is 9.50. The zero-order chi connectivity index (χ0) is 29.2. The normalized spacial score (nSPS) is 30.2. The minimum atomic E-state index is -1.19. The largest absolute Gasteiger partial charge is 0.393 e. The molecule has 4 rings (SSSR count). The number of carbonyl (C=O) groups excluding carboxylic acids is 2. The Morgan fingerprint density at radius 3 is 2.73 bits per heavy atom. The van der Waals surface area contributed by atoms with Gasteiger partial charge in [0.15, 0.2) is 0 Å². The van der Waals surface area contributed by atoms with Crippen LogP contribution in [-0.2, 0) is 15.0 Å². The molecule has 40 heavy (non-hydrogen) atoms. The van der Waals surface area contributed by atoms with Gasteiger partial charge in [-0.15, -0.1) is 0 Å². The number of rotatable bonds is 9. The van der Waals surface area contributed by atoms with E-state index in [-0.39, 0.29) is 28.4 Å². The van der Waals surface area contributed by atoms with Gasteiger partial charge in [0.2, 0.25) is 11.8 Å². The van der Waals surface area contributed by atoms with Crippen LogP contribution >= 0.6 is 23.2 Å². The van der Waals surface area contributed by atoms with Gasteiger partial charge in [0.1, 0.15) is 5.82 Å². The summed E-state index contributed by atoms with van der Waals surface area (Å²) < 4.78 is 14.9. The van der Waals surface area contributed by atoms with Crippen LogP contribution in [0.15, 0.2) is 48.0 Å². The Balaban J connectivity index is 1.71. The minimum Gasteiger partial charge on any atom is -0.393 e. The third kappa shape index (κ3) is 6.33. The third-order valence-electron chi connectivity index (χ3n) is 8.49. The second kappa shape index (κ2) is 12.4. The first-order chi connectivity index (χ1) is 18.9. The molecule has 2 amide bonds. The smallest absolute Gasteiger partial charge is 0.237 e. The first kappa shape index (κ1) is 30.8. The van der Waals surface area contributed by atoms with Crippen molar-refractivity contribution in [2.45, 2.75) is 82.9 Å². The second-order valence-corrected chi connectivity index (χ2v) is 13.4. The van der Waals surface area contributed by atoms with E-state index in [1.165, 1.54) is 18.2 Å². The third-order valence-corrected chi connectivity index (χ3v) is 9.06. The van der Waals surface area contributed by atoms with E-state index in [4.69, 9.17) is 23.2 Å². The molecule has 4 N–H and O–H groups in total. The number of anilines is 1. The van der Waals surface area contributed by atoms with E-state index < -0.39 is 29.2 Å². The van der Waals surface area contributed by atoms with Crippen LogP contribution < -0.4 is 16.0 Å². The highest BCUT2D eigenvalue weighted by Crippen LogP contribution is 2.54. The summed E-state index contributed by atoms with van der Waals surface area (Å²) in [6.07, 6.45) is 10.9. The van der Waals surface area contributed by atoms with Crippen LogP contribution in [0.3, 0.4) is 0 Å². The van der Waals surface area contributed by atoms with Gasteiger partial charge in [-0.25, -0.2) is 4.39 Å². The molecule has 0 unspecified atom stereocenters. The van der Waals surface area contributed by atoms with Crippen molar-refractivity contribution in [1.82, 2.24) is 10.6 Å². The first-order valence-electron chi connectivity index (χ1n) is 14.0. The number of fused-ring (bicyclic) bond motifs is 2. The number of amides is 2. The highest BCUT2D eigenvalue weighted by molar-refractivity contribution is 6.31. The molecule has 1 aromatic rings. The van der Waals surface area contributed by atoms with Gasteiger partial charge in [-0.1, -0.05) is 68.8 Å².